The van der Waals surface area contributed by atoms with E-state index in [2.05, 4.69) is 86.8 Å². The molecule has 2 aromatic rings. The second-order valence-corrected chi connectivity index (χ2v) is 8.59. The Morgan fingerprint density at radius 1 is 1.04 bits per heavy atom. The summed E-state index contributed by atoms with van der Waals surface area (Å²) in [6, 6.07) is 22.4. The molecule has 1 heterocycles. The van der Waals surface area contributed by atoms with Gasteiger partial charge in [0.25, 0.3) is 0 Å². The molecule has 1 N–H and O–H groups in total. The molecule has 1 fully saturated rings. The molecule has 0 aliphatic carbocycles. The van der Waals surface area contributed by atoms with Crippen LogP contribution < -0.4 is 5.32 Å². The molecule has 1 aliphatic rings. The minimum atomic E-state index is 0.00267. The Bertz CT molecular complexity index is 667. The molecule has 0 spiro atoms. The zero-order chi connectivity index (χ0) is 18.5. The topological polar surface area (TPSA) is 21.3 Å². The van der Waals surface area contributed by atoms with Gasteiger partial charge in [-0.25, -0.2) is 0 Å². The average Bonchev–Trinajstić information content (AvgIpc) is 2.62. The van der Waals surface area contributed by atoms with E-state index in [4.69, 9.17) is 4.74 Å². The van der Waals surface area contributed by atoms with E-state index in [1.165, 1.54) is 11.1 Å². The third kappa shape index (κ3) is 5.18. The highest BCUT2D eigenvalue weighted by atomic mass is 16.5. The van der Waals surface area contributed by atoms with E-state index in [1.807, 2.05) is 0 Å². The molecular weight excluding hydrogens is 318 g/mol. The zero-order valence-corrected chi connectivity index (χ0v) is 16.5. The molecule has 3 rings (SSSR count). The summed E-state index contributed by atoms with van der Waals surface area (Å²) in [6.07, 6.45) is 4.40. The molecule has 0 amide bonds. The summed E-state index contributed by atoms with van der Waals surface area (Å²) < 4.78 is 5.85. The van der Waals surface area contributed by atoms with Crippen molar-refractivity contribution < 1.29 is 4.74 Å². The fourth-order valence-corrected chi connectivity index (χ4v) is 4.18. The van der Waals surface area contributed by atoms with Crippen LogP contribution in [-0.2, 0) is 16.6 Å². The molecular formula is C24H33NO. The Morgan fingerprint density at radius 3 is 2.35 bits per heavy atom. The van der Waals surface area contributed by atoms with Gasteiger partial charge in [-0.2, -0.15) is 0 Å². The monoisotopic (exact) mass is 351 g/mol. The lowest BCUT2D eigenvalue weighted by atomic mass is 9.74. The van der Waals surface area contributed by atoms with Gasteiger partial charge >= 0.3 is 0 Å². The number of nitrogens with one attached hydrogen (secondary N) is 1. The van der Waals surface area contributed by atoms with Crippen molar-refractivity contribution in [2.24, 2.45) is 0 Å². The van der Waals surface area contributed by atoms with Crippen LogP contribution in [-0.4, -0.2) is 24.8 Å². The van der Waals surface area contributed by atoms with E-state index >= 15 is 0 Å². The zero-order valence-electron chi connectivity index (χ0n) is 16.5. The van der Waals surface area contributed by atoms with Crippen molar-refractivity contribution in [2.75, 3.05) is 13.2 Å². The number of rotatable bonds is 7. The van der Waals surface area contributed by atoms with Crippen LogP contribution >= 0.6 is 0 Å². The smallest absolute Gasteiger partial charge is 0.0641 e. The van der Waals surface area contributed by atoms with Crippen LogP contribution in [0.25, 0.3) is 0 Å². The Hall–Kier alpha value is -1.64. The second kappa shape index (κ2) is 8.37. The van der Waals surface area contributed by atoms with Gasteiger partial charge in [0.2, 0.25) is 0 Å². The first-order valence-corrected chi connectivity index (χ1v) is 9.94. The maximum absolute atomic E-state index is 5.85. The van der Waals surface area contributed by atoms with Crippen LogP contribution in [0.15, 0.2) is 60.7 Å². The van der Waals surface area contributed by atoms with Gasteiger partial charge in [0.1, 0.15) is 0 Å². The van der Waals surface area contributed by atoms with E-state index in [-0.39, 0.29) is 11.0 Å². The lowest BCUT2D eigenvalue weighted by Gasteiger charge is -2.37. The predicted molar refractivity (Wildman–Crippen MR) is 110 cm³/mol. The Labute approximate surface area is 159 Å². The quantitative estimate of drug-likeness (QED) is 0.747. The number of hydrogen-bond donors (Lipinski definition) is 1. The molecule has 2 nitrogen and oxygen atoms in total. The molecule has 2 heteroatoms. The molecule has 140 valence electrons. The summed E-state index contributed by atoms with van der Waals surface area (Å²) in [5.74, 6) is 0. The molecule has 26 heavy (non-hydrogen) atoms. The summed E-state index contributed by atoms with van der Waals surface area (Å²) in [5, 5.41) is 3.81. The van der Waals surface area contributed by atoms with Gasteiger partial charge < -0.3 is 10.1 Å². The Morgan fingerprint density at radius 2 is 1.69 bits per heavy atom. The summed E-state index contributed by atoms with van der Waals surface area (Å²) in [5.41, 5.74) is 2.97. The van der Waals surface area contributed by atoms with Crippen molar-refractivity contribution in [3.63, 3.8) is 0 Å². The van der Waals surface area contributed by atoms with E-state index < -0.39 is 0 Å². The summed E-state index contributed by atoms with van der Waals surface area (Å²) >= 11 is 0. The Kier molecular flexibility index (Phi) is 6.16. The first kappa shape index (κ1) is 19.1. The molecule has 0 bridgehead atoms. The third-order valence-corrected chi connectivity index (χ3v) is 5.71. The van der Waals surface area contributed by atoms with Crippen molar-refractivity contribution in [1.29, 1.82) is 0 Å². The van der Waals surface area contributed by atoms with Crippen LogP contribution in [0.1, 0.15) is 51.2 Å². The SMILES string of the molecule is CC1(C)C[C@@H](NCC[C@@](C)(Cc2ccccc2)c2ccccc2)CCO1. The number of ether oxygens (including phenoxy) is 1. The maximum Gasteiger partial charge on any atom is 0.0641 e. The molecule has 0 aromatic heterocycles. The highest BCUT2D eigenvalue weighted by molar-refractivity contribution is 5.29. The average molecular weight is 352 g/mol. The predicted octanol–water partition coefficient (Wildman–Crippen LogP) is 5.12. The van der Waals surface area contributed by atoms with Gasteiger partial charge in [0.15, 0.2) is 0 Å². The van der Waals surface area contributed by atoms with Gasteiger partial charge in [0.05, 0.1) is 5.60 Å². The first-order valence-electron chi connectivity index (χ1n) is 9.94. The third-order valence-electron chi connectivity index (χ3n) is 5.71. The summed E-state index contributed by atoms with van der Waals surface area (Å²) in [6.45, 7) is 8.71. The molecule has 2 atom stereocenters. The van der Waals surface area contributed by atoms with Crippen molar-refractivity contribution in [3.05, 3.63) is 71.8 Å². The van der Waals surface area contributed by atoms with E-state index in [1.54, 1.807) is 0 Å². The van der Waals surface area contributed by atoms with Gasteiger partial charge in [-0.15, -0.1) is 0 Å². The molecule has 2 aromatic carbocycles. The molecule has 0 unspecified atom stereocenters. The van der Waals surface area contributed by atoms with Gasteiger partial charge in [0, 0.05) is 12.6 Å². The number of hydrogen-bond acceptors (Lipinski definition) is 2. The highest BCUT2D eigenvalue weighted by Crippen LogP contribution is 2.32. The van der Waals surface area contributed by atoms with Crippen molar-refractivity contribution in [3.8, 4) is 0 Å². The minimum Gasteiger partial charge on any atom is -0.375 e. The molecule has 0 saturated carbocycles. The number of benzene rings is 2. The van der Waals surface area contributed by atoms with Crippen LogP contribution in [0, 0.1) is 0 Å². The van der Waals surface area contributed by atoms with Crippen LogP contribution in [0.4, 0.5) is 0 Å². The first-order chi connectivity index (χ1) is 12.5. The van der Waals surface area contributed by atoms with Crippen molar-refractivity contribution in [2.45, 2.75) is 63.5 Å². The lowest BCUT2D eigenvalue weighted by molar-refractivity contribution is -0.0629. The largest absolute Gasteiger partial charge is 0.375 e. The summed E-state index contributed by atoms with van der Waals surface area (Å²) in [4.78, 5) is 0. The fourth-order valence-electron chi connectivity index (χ4n) is 4.18. The minimum absolute atomic E-state index is 0.00267. The van der Waals surface area contributed by atoms with Crippen molar-refractivity contribution >= 4 is 0 Å². The normalized spacial score (nSPS) is 21.9. The standard InChI is InChI=1S/C24H33NO/c1-23(2)19-22(14-17-26-23)25-16-15-24(3,21-12-8-5-9-13-21)18-20-10-6-4-7-11-20/h4-13,22,25H,14-19H2,1-3H3/t22-,24-/m0/s1. The van der Waals surface area contributed by atoms with Gasteiger partial charge in [-0.3, -0.25) is 0 Å². The fraction of sp³-hybridized carbons (Fsp3) is 0.500. The Balaban J connectivity index is 1.66. The van der Waals surface area contributed by atoms with E-state index in [0.29, 0.717) is 6.04 Å². The van der Waals surface area contributed by atoms with Crippen LogP contribution in [0.3, 0.4) is 0 Å². The van der Waals surface area contributed by atoms with Crippen LogP contribution in [0.5, 0.6) is 0 Å². The van der Waals surface area contributed by atoms with Crippen molar-refractivity contribution in [1.82, 2.24) is 5.32 Å². The van der Waals surface area contributed by atoms with Crippen LogP contribution in [0.2, 0.25) is 0 Å². The molecule has 1 aliphatic heterocycles. The molecule has 0 radical (unpaired) electrons. The van der Waals surface area contributed by atoms with E-state index in [0.717, 1.165) is 38.8 Å². The summed E-state index contributed by atoms with van der Waals surface area (Å²) in [7, 11) is 0. The van der Waals surface area contributed by atoms with Gasteiger partial charge in [-0.1, -0.05) is 67.6 Å². The van der Waals surface area contributed by atoms with Gasteiger partial charge in [-0.05, 0) is 62.6 Å². The lowest BCUT2D eigenvalue weighted by Crippen LogP contribution is -2.44. The van der Waals surface area contributed by atoms with E-state index in [9.17, 15) is 0 Å². The second-order valence-electron chi connectivity index (χ2n) is 8.59. The maximum atomic E-state index is 5.85. The molecule has 1 saturated heterocycles. The highest BCUT2D eigenvalue weighted by Gasteiger charge is 2.30.